The third-order valence-corrected chi connectivity index (χ3v) is 4.91. The van der Waals surface area contributed by atoms with Crippen molar-refractivity contribution in [1.82, 2.24) is 14.9 Å². The molecule has 0 bridgehead atoms. The molecule has 1 aromatic heterocycles. The summed E-state index contributed by atoms with van der Waals surface area (Å²) in [4.78, 5) is 14.8. The van der Waals surface area contributed by atoms with Gasteiger partial charge in [0.15, 0.2) is 5.82 Å². The maximum Gasteiger partial charge on any atom is 0.162 e. The molecule has 1 aliphatic rings. The molecule has 0 amide bonds. The van der Waals surface area contributed by atoms with Crippen LogP contribution in [0.3, 0.4) is 0 Å². The van der Waals surface area contributed by atoms with Crippen molar-refractivity contribution in [3.8, 4) is 11.4 Å². The first-order valence-electron chi connectivity index (χ1n) is 9.50. The third kappa shape index (κ3) is 3.56. The van der Waals surface area contributed by atoms with E-state index in [-0.39, 0.29) is 0 Å². The minimum Gasteiger partial charge on any atom is -0.353 e. The van der Waals surface area contributed by atoms with Gasteiger partial charge in [0.1, 0.15) is 5.82 Å². The number of nitrogens with zero attached hydrogens (tertiary/aromatic N) is 4. The first-order valence-corrected chi connectivity index (χ1v) is 9.50. The normalized spacial score (nSPS) is 15.7. The van der Waals surface area contributed by atoms with Gasteiger partial charge in [-0.05, 0) is 18.1 Å². The molecule has 4 nitrogen and oxygen atoms in total. The number of hydrogen-bond donors (Lipinski definition) is 0. The summed E-state index contributed by atoms with van der Waals surface area (Å²) < 4.78 is 0. The summed E-state index contributed by atoms with van der Waals surface area (Å²) in [6.07, 6.45) is 0. The Bertz CT molecular complexity index is 868. The Hall–Kier alpha value is -2.46. The van der Waals surface area contributed by atoms with Crippen LogP contribution >= 0.6 is 0 Å². The molecule has 0 N–H and O–H groups in total. The first kappa shape index (κ1) is 17.0. The van der Waals surface area contributed by atoms with Crippen LogP contribution in [0.15, 0.2) is 54.6 Å². The Labute approximate surface area is 155 Å². The summed E-state index contributed by atoms with van der Waals surface area (Å²) in [6.45, 7) is 9.97. The fourth-order valence-electron chi connectivity index (χ4n) is 3.68. The maximum absolute atomic E-state index is 4.98. The number of fused-ring (bicyclic) bond motifs is 1. The highest BCUT2D eigenvalue weighted by molar-refractivity contribution is 5.91. The summed E-state index contributed by atoms with van der Waals surface area (Å²) in [5, 5.41) is 1.14. The molecule has 134 valence electrons. The van der Waals surface area contributed by atoms with Crippen LogP contribution in [0, 0.1) is 5.92 Å². The molecule has 4 rings (SSSR count). The second-order valence-corrected chi connectivity index (χ2v) is 7.44. The van der Waals surface area contributed by atoms with E-state index < -0.39 is 0 Å². The van der Waals surface area contributed by atoms with Gasteiger partial charge < -0.3 is 4.90 Å². The Kier molecular flexibility index (Phi) is 4.85. The van der Waals surface area contributed by atoms with Crippen LogP contribution in [0.2, 0.25) is 0 Å². The predicted molar refractivity (Wildman–Crippen MR) is 108 cm³/mol. The monoisotopic (exact) mass is 346 g/mol. The van der Waals surface area contributed by atoms with E-state index >= 15 is 0 Å². The molecule has 0 spiro atoms. The molecule has 0 saturated carbocycles. The van der Waals surface area contributed by atoms with Crippen LogP contribution in [0.1, 0.15) is 13.8 Å². The molecule has 1 saturated heterocycles. The van der Waals surface area contributed by atoms with Gasteiger partial charge in [-0.3, -0.25) is 4.90 Å². The maximum atomic E-state index is 4.98. The van der Waals surface area contributed by atoms with Crippen LogP contribution in [-0.2, 0) is 0 Å². The Morgan fingerprint density at radius 3 is 2.27 bits per heavy atom. The smallest absolute Gasteiger partial charge is 0.162 e. The zero-order valence-electron chi connectivity index (χ0n) is 15.6. The van der Waals surface area contributed by atoms with Gasteiger partial charge in [0.2, 0.25) is 0 Å². The van der Waals surface area contributed by atoms with E-state index in [1.165, 1.54) is 6.54 Å². The van der Waals surface area contributed by atoms with E-state index in [4.69, 9.17) is 9.97 Å². The van der Waals surface area contributed by atoms with Crippen LogP contribution < -0.4 is 4.90 Å². The molecular weight excluding hydrogens is 320 g/mol. The van der Waals surface area contributed by atoms with Gasteiger partial charge in [-0.15, -0.1) is 0 Å². The highest BCUT2D eigenvalue weighted by Crippen LogP contribution is 2.28. The second kappa shape index (κ2) is 7.42. The summed E-state index contributed by atoms with van der Waals surface area (Å²) >= 11 is 0. The molecule has 1 aliphatic heterocycles. The van der Waals surface area contributed by atoms with Crippen molar-refractivity contribution in [2.45, 2.75) is 13.8 Å². The SMILES string of the molecule is CC(C)CN1CCN(c2nc(-c3ccccc3)nc3ccccc23)CC1. The first-order chi connectivity index (χ1) is 12.7. The molecule has 4 heteroatoms. The lowest BCUT2D eigenvalue weighted by atomic mass is 10.1. The van der Waals surface area contributed by atoms with Crippen LogP contribution in [0.25, 0.3) is 22.3 Å². The Morgan fingerprint density at radius 1 is 0.846 bits per heavy atom. The van der Waals surface area contributed by atoms with Crippen molar-refractivity contribution in [1.29, 1.82) is 0 Å². The number of aromatic nitrogens is 2. The van der Waals surface area contributed by atoms with Gasteiger partial charge >= 0.3 is 0 Å². The highest BCUT2D eigenvalue weighted by atomic mass is 15.3. The van der Waals surface area contributed by atoms with Gasteiger partial charge in [0, 0.05) is 43.7 Å². The Balaban J connectivity index is 1.68. The Morgan fingerprint density at radius 2 is 1.54 bits per heavy atom. The molecule has 0 unspecified atom stereocenters. The molecule has 3 aromatic rings. The van der Waals surface area contributed by atoms with Crippen molar-refractivity contribution in [3.63, 3.8) is 0 Å². The molecule has 0 radical (unpaired) electrons. The number of benzene rings is 2. The summed E-state index contributed by atoms with van der Waals surface area (Å²) in [5.41, 5.74) is 2.08. The van der Waals surface area contributed by atoms with E-state index in [9.17, 15) is 0 Å². The zero-order valence-corrected chi connectivity index (χ0v) is 15.6. The zero-order chi connectivity index (χ0) is 17.9. The fourth-order valence-corrected chi connectivity index (χ4v) is 3.68. The predicted octanol–water partition coefficient (Wildman–Crippen LogP) is 4.07. The van der Waals surface area contributed by atoms with Gasteiger partial charge in [0.05, 0.1) is 5.52 Å². The molecule has 2 heterocycles. The van der Waals surface area contributed by atoms with Gasteiger partial charge in [-0.25, -0.2) is 9.97 Å². The number of hydrogen-bond acceptors (Lipinski definition) is 4. The molecule has 0 aliphatic carbocycles. The van der Waals surface area contributed by atoms with E-state index in [0.717, 1.165) is 54.3 Å². The molecular formula is C22H26N4. The van der Waals surface area contributed by atoms with Crippen molar-refractivity contribution in [2.75, 3.05) is 37.6 Å². The summed E-state index contributed by atoms with van der Waals surface area (Å²) in [6, 6.07) is 18.6. The quantitative estimate of drug-likeness (QED) is 0.713. The topological polar surface area (TPSA) is 32.3 Å². The minimum absolute atomic E-state index is 0.714. The van der Waals surface area contributed by atoms with Gasteiger partial charge in [0.25, 0.3) is 0 Å². The van der Waals surface area contributed by atoms with Crippen molar-refractivity contribution < 1.29 is 0 Å². The van der Waals surface area contributed by atoms with Crippen molar-refractivity contribution in [3.05, 3.63) is 54.6 Å². The van der Waals surface area contributed by atoms with E-state index in [1.807, 2.05) is 18.2 Å². The van der Waals surface area contributed by atoms with Crippen molar-refractivity contribution >= 4 is 16.7 Å². The highest BCUT2D eigenvalue weighted by Gasteiger charge is 2.21. The lowest BCUT2D eigenvalue weighted by molar-refractivity contribution is 0.231. The molecule has 0 atom stereocenters. The van der Waals surface area contributed by atoms with E-state index in [2.05, 4.69) is 60.0 Å². The number of para-hydroxylation sites is 1. The minimum atomic E-state index is 0.714. The third-order valence-electron chi connectivity index (χ3n) is 4.91. The van der Waals surface area contributed by atoms with Gasteiger partial charge in [-0.2, -0.15) is 0 Å². The van der Waals surface area contributed by atoms with Crippen LogP contribution in [-0.4, -0.2) is 47.6 Å². The number of anilines is 1. The largest absolute Gasteiger partial charge is 0.353 e. The lowest BCUT2D eigenvalue weighted by Gasteiger charge is -2.36. The van der Waals surface area contributed by atoms with Gasteiger partial charge in [-0.1, -0.05) is 56.3 Å². The molecule has 26 heavy (non-hydrogen) atoms. The second-order valence-electron chi connectivity index (χ2n) is 7.44. The summed E-state index contributed by atoms with van der Waals surface area (Å²) in [5.74, 6) is 2.59. The average Bonchev–Trinajstić information content (AvgIpc) is 2.68. The van der Waals surface area contributed by atoms with E-state index in [0.29, 0.717) is 5.92 Å². The van der Waals surface area contributed by atoms with E-state index in [1.54, 1.807) is 0 Å². The summed E-state index contributed by atoms with van der Waals surface area (Å²) in [7, 11) is 0. The van der Waals surface area contributed by atoms with Crippen molar-refractivity contribution in [2.24, 2.45) is 5.92 Å². The van der Waals surface area contributed by atoms with Crippen LogP contribution in [0.5, 0.6) is 0 Å². The molecule has 1 fully saturated rings. The standard InChI is InChI=1S/C22H26N4/c1-17(2)16-25-12-14-26(15-13-25)22-19-10-6-7-11-20(19)23-21(24-22)18-8-4-3-5-9-18/h3-11,17H,12-16H2,1-2H3. The molecule has 2 aromatic carbocycles. The average molecular weight is 346 g/mol. The lowest BCUT2D eigenvalue weighted by Crippen LogP contribution is -2.47. The fraction of sp³-hybridized carbons (Fsp3) is 0.364. The van der Waals surface area contributed by atoms with Crippen LogP contribution in [0.4, 0.5) is 5.82 Å². The number of piperazine rings is 1. The number of rotatable bonds is 4.